The Morgan fingerprint density at radius 3 is 1.70 bits per heavy atom. The molecule has 0 aliphatic heterocycles. The topological polar surface area (TPSA) is 17.1 Å². The Morgan fingerprint density at radius 2 is 1.25 bits per heavy atom. The lowest BCUT2D eigenvalue weighted by Gasteiger charge is -2.03. The van der Waals surface area contributed by atoms with Crippen molar-refractivity contribution in [1.29, 1.82) is 0 Å². The fourth-order valence-electron chi connectivity index (χ4n) is 2.09. The maximum Gasteiger partial charge on any atom is 0.204 e. The molecule has 0 N–H and O–H groups in total. The van der Waals surface area contributed by atoms with Crippen LogP contribution < -0.4 is 0 Å². The Bertz CT molecular complexity index is 304. The van der Waals surface area contributed by atoms with Gasteiger partial charge in [0.1, 0.15) is 8.07 Å². The third-order valence-corrected chi connectivity index (χ3v) is 4.21. The van der Waals surface area contributed by atoms with Crippen molar-refractivity contribution in [3.63, 3.8) is 0 Å². The van der Waals surface area contributed by atoms with E-state index in [-0.39, 0.29) is 5.78 Å². The summed E-state index contributed by atoms with van der Waals surface area (Å²) in [5.74, 6) is 2.97. The molecule has 1 nitrogen and oxygen atoms in total. The van der Waals surface area contributed by atoms with Crippen LogP contribution in [-0.4, -0.2) is 13.9 Å². The van der Waals surface area contributed by atoms with Gasteiger partial charge < -0.3 is 0 Å². The van der Waals surface area contributed by atoms with E-state index in [4.69, 9.17) is 0 Å². The number of hydrogen-bond donors (Lipinski definition) is 0. The second kappa shape index (κ2) is 12.2. The van der Waals surface area contributed by atoms with E-state index >= 15 is 0 Å². The Hall–Kier alpha value is -0.553. The number of unbranched alkanes of at least 4 members (excludes halogenated alkanes) is 9. The number of Topliss-reactive ketones (excluding diaryl/α,β-unsaturated/α-hetero) is 1. The largest absolute Gasteiger partial charge is 0.285 e. The molecule has 0 aliphatic rings. The van der Waals surface area contributed by atoms with E-state index in [1.807, 2.05) is 0 Å². The molecule has 0 spiro atoms. The lowest BCUT2D eigenvalue weighted by atomic mass is 10.1. The standard InChI is InChI=1S/C18H34OSi/c1-5-6-7-8-9-10-11-12-13-14-15-18(19)16-17-20(2,3)4/h5-15H2,1-4H3. The molecule has 0 aromatic heterocycles. The van der Waals surface area contributed by atoms with E-state index in [1.54, 1.807) is 0 Å². The predicted molar refractivity (Wildman–Crippen MR) is 92.6 cm³/mol. The average molecular weight is 295 g/mol. The average Bonchev–Trinajstić information content (AvgIpc) is 2.38. The zero-order valence-corrected chi connectivity index (χ0v) is 15.2. The van der Waals surface area contributed by atoms with Crippen molar-refractivity contribution in [2.45, 2.75) is 97.2 Å². The number of ketones is 1. The van der Waals surface area contributed by atoms with E-state index in [9.17, 15) is 4.79 Å². The molecule has 0 aromatic carbocycles. The molecule has 0 atom stereocenters. The lowest BCUT2D eigenvalue weighted by molar-refractivity contribution is -0.113. The number of carbonyl (C=O) groups excluding carboxylic acids is 1. The van der Waals surface area contributed by atoms with Gasteiger partial charge in [0, 0.05) is 6.42 Å². The number of rotatable bonds is 11. The first-order valence-electron chi connectivity index (χ1n) is 8.51. The SMILES string of the molecule is CCCCCCCCCCCCC(=O)C#C[Si](C)(C)C. The predicted octanol–water partition coefficient (Wildman–Crippen LogP) is 5.75. The minimum Gasteiger partial charge on any atom is -0.285 e. The molecule has 0 unspecified atom stereocenters. The van der Waals surface area contributed by atoms with Gasteiger partial charge in [-0.1, -0.05) is 84.4 Å². The normalized spacial score (nSPS) is 11.0. The van der Waals surface area contributed by atoms with Crippen molar-refractivity contribution >= 4 is 13.9 Å². The van der Waals surface area contributed by atoms with Crippen molar-refractivity contribution in [3.05, 3.63) is 0 Å². The van der Waals surface area contributed by atoms with Crippen LogP contribution in [0.4, 0.5) is 0 Å². The molecular weight excluding hydrogens is 260 g/mol. The second-order valence-electron chi connectivity index (χ2n) is 6.86. The molecule has 0 rings (SSSR count). The van der Waals surface area contributed by atoms with Crippen molar-refractivity contribution in [3.8, 4) is 11.5 Å². The molecule has 20 heavy (non-hydrogen) atoms. The second-order valence-corrected chi connectivity index (χ2v) is 11.6. The molecule has 0 radical (unpaired) electrons. The van der Waals surface area contributed by atoms with Gasteiger partial charge in [-0.2, -0.15) is 0 Å². The third kappa shape index (κ3) is 15.5. The molecule has 2 heteroatoms. The van der Waals surface area contributed by atoms with Crippen molar-refractivity contribution in [2.75, 3.05) is 0 Å². The summed E-state index contributed by atoms with van der Waals surface area (Å²) in [7, 11) is -1.38. The minimum atomic E-state index is -1.38. The smallest absolute Gasteiger partial charge is 0.204 e. The maximum absolute atomic E-state index is 11.6. The fourth-order valence-corrected chi connectivity index (χ4v) is 2.61. The van der Waals surface area contributed by atoms with Gasteiger partial charge in [0.2, 0.25) is 5.78 Å². The molecule has 116 valence electrons. The van der Waals surface area contributed by atoms with Crippen molar-refractivity contribution in [2.24, 2.45) is 0 Å². The first kappa shape index (κ1) is 19.4. The van der Waals surface area contributed by atoms with Gasteiger partial charge in [-0.15, -0.1) is 5.54 Å². The van der Waals surface area contributed by atoms with E-state index in [2.05, 4.69) is 38.0 Å². The van der Waals surface area contributed by atoms with Crippen LogP contribution >= 0.6 is 0 Å². The van der Waals surface area contributed by atoms with Gasteiger partial charge >= 0.3 is 0 Å². The Kier molecular flexibility index (Phi) is 11.9. The molecule has 0 fully saturated rings. The van der Waals surface area contributed by atoms with Gasteiger partial charge in [0.05, 0.1) is 0 Å². The number of carbonyl (C=O) groups is 1. The van der Waals surface area contributed by atoms with Crippen molar-refractivity contribution in [1.82, 2.24) is 0 Å². The van der Waals surface area contributed by atoms with Gasteiger partial charge in [0.15, 0.2) is 0 Å². The van der Waals surface area contributed by atoms with Crippen LogP contribution in [0.25, 0.3) is 0 Å². The summed E-state index contributed by atoms with van der Waals surface area (Å²) < 4.78 is 0. The van der Waals surface area contributed by atoms with Crippen LogP contribution in [0.5, 0.6) is 0 Å². The highest BCUT2D eigenvalue weighted by Gasteiger charge is 2.08. The van der Waals surface area contributed by atoms with Gasteiger partial charge in [-0.25, -0.2) is 0 Å². The summed E-state index contributed by atoms with van der Waals surface area (Å²) in [6, 6.07) is 0. The summed E-state index contributed by atoms with van der Waals surface area (Å²) in [5, 5.41) is 0. The minimum absolute atomic E-state index is 0.145. The lowest BCUT2D eigenvalue weighted by Crippen LogP contribution is -2.17. The first-order valence-corrected chi connectivity index (χ1v) is 12.0. The van der Waals surface area contributed by atoms with E-state index in [0.717, 1.165) is 6.42 Å². The summed E-state index contributed by atoms with van der Waals surface area (Å²) in [6.07, 6.45) is 13.8. The molecule has 0 bridgehead atoms. The highest BCUT2D eigenvalue weighted by Crippen LogP contribution is 2.11. The van der Waals surface area contributed by atoms with Crippen LogP contribution in [-0.2, 0) is 4.79 Å². The summed E-state index contributed by atoms with van der Waals surface area (Å²) >= 11 is 0. The van der Waals surface area contributed by atoms with E-state index < -0.39 is 8.07 Å². The van der Waals surface area contributed by atoms with Crippen LogP contribution in [0.3, 0.4) is 0 Å². The van der Waals surface area contributed by atoms with Crippen LogP contribution in [0.1, 0.15) is 77.6 Å². The number of hydrogen-bond acceptors (Lipinski definition) is 1. The summed E-state index contributed by atoms with van der Waals surface area (Å²) in [5.41, 5.74) is 3.15. The maximum atomic E-state index is 11.6. The molecule has 0 aliphatic carbocycles. The van der Waals surface area contributed by atoms with Crippen LogP contribution in [0.2, 0.25) is 19.6 Å². The molecule has 0 amide bonds. The van der Waals surface area contributed by atoms with Gasteiger partial charge in [-0.05, 0) is 12.3 Å². The Morgan fingerprint density at radius 1 is 0.800 bits per heavy atom. The molecule has 0 saturated heterocycles. The van der Waals surface area contributed by atoms with Crippen LogP contribution in [0.15, 0.2) is 0 Å². The fraction of sp³-hybridized carbons (Fsp3) is 0.833. The van der Waals surface area contributed by atoms with Crippen molar-refractivity contribution < 1.29 is 4.79 Å². The molecular formula is C18H34OSi. The Labute approximate surface area is 127 Å². The third-order valence-electron chi connectivity index (χ3n) is 3.33. The van der Waals surface area contributed by atoms with E-state index in [1.165, 1.54) is 57.8 Å². The summed E-state index contributed by atoms with van der Waals surface area (Å²) in [6.45, 7) is 8.78. The quantitative estimate of drug-likeness (QED) is 0.269. The Balaban J connectivity index is 3.35. The molecule has 0 heterocycles. The molecule has 0 saturated carbocycles. The van der Waals surface area contributed by atoms with E-state index in [0.29, 0.717) is 6.42 Å². The van der Waals surface area contributed by atoms with Crippen LogP contribution in [0, 0.1) is 11.5 Å². The molecule has 0 aromatic rings. The zero-order chi connectivity index (χ0) is 15.3. The monoisotopic (exact) mass is 294 g/mol. The highest BCUT2D eigenvalue weighted by molar-refractivity contribution is 6.84. The first-order chi connectivity index (χ1) is 9.45. The van der Waals surface area contributed by atoms with Gasteiger partial charge in [-0.3, -0.25) is 4.79 Å². The van der Waals surface area contributed by atoms with Gasteiger partial charge in [0.25, 0.3) is 0 Å². The zero-order valence-electron chi connectivity index (χ0n) is 14.2. The summed E-state index contributed by atoms with van der Waals surface area (Å²) in [4.78, 5) is 11.6. The highest BCUT2D eigenvalue weighted by atomic mass is 28.3.